The number of primary amides is 1. The minimum Gasteiger partial charge on any atom is -0.381 e. The Balaban J connectivity index is -0.000000119. The Morgan fingerprint density at radius 1 is 1.00 bits per heavy atom. The van der Waals surface area contributed by atoms with Gasteiger partial charge in [-0.1, -0.05) is 60.3 Å². The molecule has 108 valence electrons. The third kappa shape index (κ3) is 50.4. The maximum Gasteiger partial charge on any atom is 0.219 e. The standard InChI is InChI=1S/C8H17NO2.2C3H8.H2/c1-2-3-4-6-11-7-5-8(9)10;2*1-3-2;/h2-7H2,1H3,(H2,9,10);2*3H2,1-2H3;1H. The Morgan fingerprint density at radius 2 is 1.47 bits per heavy atom. The van der Waals surface area contributed by atoms with Crippen molar-refractivity contribution in [2.24, 2.45) is 5.73 Å². The highest BCUT2D eigenvalue weighted by Gasteiger charge is 1.93. The lowest BCUT2D eigenvalue weighted by atomic mass is 10.3. The molecule has 0 bridgehead atoms. The van der Waals surface area contributed by atoms with Gasteiger partial charge in [-0.3, -0.25) is 4.79 Å². The van der Waals surface area contributed by atoms with Crippen molar-refractivity contribution in [2.45, 2.75) is 73.1 Å². The molecule has 0 aliphatic heterocycles. The van der Waals surface area contributed by atoms with Crippen LogP contribution in [-0.4, -0.2) is 19.1 Å². The summed E-state index contributed by atoms with van der Waals surface area (Å²) in [4.78, 5) is 10.2. The van der Waals surface area contributed by atoms with Crippen LogP contribution in [0.2, 0.25) is 0 Å². The molecule has 0 aromatic carbocycles. The van der Waals surface area contributed by atoms with E-state index < -0.39 is 0 Å². The number of carbonyl (C=O) groups excluding carboxylic acids is 1. The monoisotopic (exact) mass is 249 g/mol. The lowest BCUT2D eigenvalue weighted by Crippen LogP contribution is -2.13. The lowest BCUT2D eigenvalue weighted by Gasteiger charge is -2.00. The Kier molecular flexibility index (Phi) is 31.4. The molecule has 0 heterocycles. The van der Waals surface area contributed by atoms with Crippen LogP contribution < -0.4 is 5.73 Å². The fraction of sp³-hybridized carbons (Fsp3) is 0.929. The van der Waals surface area contributed by atoms with Crippen molar-refractivity contribution in [3.05, 3.63) is 0 Å². The molecule has 3 heteroatoms. The first-order valence-corrected chi connectivity index (χ1v) is 6.96. The van der Waals surface area contributed by atoms with Crippen LogP contribution in [0.3, 0.4) is 0 Å². The maximum absolute atomic E-state index is 10.2. The molecule has 1 amide bonds. The summed E-state index contributed by atoms with van der Waals surface area (Å²) in [5.74, 6) is -0.291. The maximum atomic E-state index is 10.2. The van der Waals surface area contributed by atoms with E-state index in [9.17, 15) is 4.79 Å². The zero-order valence-corrected chi connectivity index (χ0v) is 12.6. The van der Waals surface area contributed by atoms with Gasteiger partial charge >= 0.3 is 0 Å². The molecule has 2 N–H and O–H groups in total. The van der Waals surface area contributed by atoms with Crippen LogP contribution in [0.5, 0.6) is 0 Å². The molecule has 0 atom stereocenters. The minimum absolute atomic E-state index is 0. The van der Waals surface area contributed by atoms with Gasteiger partial charge in [0.25, 0.3) is 0 Å². The normalized spacial score (nSPS) is 8.53. The van der Waals surface area contributed by atoms with E-state index in [4.69, 9.17) is 10.5 Å². The Hall–Kier alpha value is -0.570. The van der Waals surface area contributed by atoms with Crippen molar-refractivity contribution in [1.82, 2.24) is 0 Å². The van der Waals surface area contributed by atoms with Crippen LogP contribution in [0.1, 0.15) is 74.6 Å². The quantitative estimate of drug-likeness (QED) is 0.689. The molecule has 0 spiro atoms. The van der Waals surface area contributed by atoms with Gasteiger partial charge in [-0.05, 0) is 6.42 Å². The molecule has 0 fully saturated rings. The fourth-order valence-corrected chi connectivity index (χ4v) is 0.729. The van der Waals surface area contributed by atoms with Gasteiger partial charge < -0.3 is 10.5 Å². The second-order valence-corrected chi connectivity index (χ2v) is 3.95. The van der Waals surface area contributed by atoms with Crippen molar-refractivity contribution in [1.29, 1.82) is 0 Å². The predicted octanol–water partition coefficient (Wildman–Crippen LogP) is 4.15. The zero-order chi connectivity index (χ0) is 13.9. The summed E-state index contributed by atoms with van der Waals surface area (Å²) in [5, 5.41) is 0. The average Bonchev–Trinajstić information content (AvgIpc) is 2.25. The summed E-state index contributed by atoms with van der Waals surface area (Å²) in [7, 11) is 0. The first-order valence-electron chi connectivity index (χ1n) is 6.96. The molecule has 0 radical (unpaired) electrons. The smallest absolute Gasteiger partial charge is 0.219 e. The van der Waals surface area contributed by atoms with Gasteiger partial charge in [-0.2, -0.15) is 0 Å². The minimum atomic E-state index is -0.291. The van der Waals surface area contributed by atoms with E-state index in [1.807, 2.05) is 0 Å². The topological polar surface area (TPSA) is 52.3 Å². The molecular weight excluding hydrogens is 214 g/mol. The Morgan fingerprint density at radius 3 is 1.82 bits per heavy atom. The first-order chi connectivity index (χ1) is 8.10. The van der Waals surface area contributed by atoms with E-state index in [0.717, 1.165) is 13.0 Å². The molecule has 3 nitrogen and oxygen atoms in total. The van der Waals surface area contributed by atoms with Crippen LogP contribution in [0, 0.1) is 0 Å². The van der Waals surface area contributed by atoms with Crippen LogP contribution in [0.25, 0.3) is 0 Å². The van der Waals surface area contributed by atoms with Gasteiger partial charge in [0.2, 0.25) is 5.91 Å². The summed E-state index contributed by atoms with van der Waals surface area (Å²) in [6.45, 7) is 11.9. The van der Waals surface area contributed by atoms with E-state index in [1.165, 1.54) is 25.7 Å². The van der Waals surface area contributed by atoms with Gasteiger partial charge in [0.1, 0.15) is 0 Å². The molecule has 0 saturated carbocycles. The fourth-order valence-electron chi connectivity index (χ4n) is 0.729. The van der Waals surface area contributed by atoms with Gasteiger partial charge in [-0.25, -0.2) is 0 Å². The zero-order valence-electron chi connectivity index (χ0n) is 12.6. The van der Waals surface area contributed by atoms with Crippen molar-refractivity contribution in [3.8, 4) is 0 Å². The second kappa shape index (κ2) is 24.6. The summed E-state index contributed by atoms with van der Waals surface area (Å²) < 4.78 is 5.15. The van der Waals surface area contributed by atoms with Crippen LogP contribution in [0.4, 0.5) is 0 Å². The van der Waals surface area contributed by atoms with E-state index in [0.29, 0.717) is 13.0 Å². The van der Waals surface area contributed by atoms with Crippen LogP contribution >= 0.6 is 0 Å². The van der Waals surface area contributed by atoms with E-state index in [2.05, 4.69) is 34.6 Å². The SMILES string of the molecule is CCC.CCC.CCCCCOCCC(N)=O.[HH]. The molecule has 0 aliphatic carbocycles. The number of carbonyl (C=O) groups is 1. The molecule has 0 rings (SSSR count). The number of nitrogens with two attached hydrogens (primary N) is 1. The van der Waals surface area contributed by atoms with Gasteiger partial charge in [0, 0.05) is 14.5 Å². The number of unbranched alkanes of at least 4 members (excludes halogenated alkanes) is 2. The van der Waals surface area contributed by atoms with Crippen molar-refractivity contribution >= 4 is 5.91 Å². The van der Waals surface area contributed by atoms with Crippen LogP contribution in [-0.2, 0) is 9.53 Å². The third-order valence-corrected chi connectivity index (χ3v) is 1.39. The van der Waals surface area contributed by atoms with Gasteiger partial charge in [0.15, 0.2) is 0 Å². The van der Waals surface area contributed by atoms with E-state index in [1.54, 1.807) is 0 Å². The summed E-state index contributed by atoms with van der Waals surface area (Å²) in [6.07, 6.45) is 6.30. The number of ether oxygens (including phenoxy) is 1. The highest BCUT2D eigenvalue weighted by molar-refractivity contribution is 5.73. The van der Waals surface area contributed by atoms with Crippen molar-refractivity contribution < 1.29 is 11.0 Å². The average molecular weight is 249 g/mol. The predicted molar refractivity (Wildman–Crippen MR) is 78.2 cm³/mol. The molecule has 17 heavy (non-hydrogen) atoms. The van der Waals surface area contributed by atoms with E-state index >= 15 is 0 Å². The number of hydrogen-bond donors (Lipinski definition) is 1. The summed E-state index contributed by atoms with van der Waals surface area (Å²) in [6, 6.07) is 0. The highest BCUT2D eigenvalue weighted by atomic mass is 16.5. The molecule has 0 aliphatic rings. The molecule has 0 aromatic rings. The number of hydrogen-bond acceptors (Lipinski definition) is 2. The first kappa shape index (κ1) is 21.7. The number of amides is 1. The molecule has 0 unspecified atom stereocenters. The molecule has 0 aromatic heterocycles. The highest BCUT2D eigenvalue weighted by Crippen LogP contribution is 1.94. The van der Waals surface area contributed by atoms with Crippen LogP contribution in [0.15, 0.2) is 0 Å². The van der Waals surface area contributed by atoms with Gasteiger partial charge in [-0.15, -0.1) is 0 Å². The Bertz CT molecular complexity index is 131. The second-order valence-electron chi connectivity index (χ2n) is 3.95. The summed E-state index contributed by atoms with van der Waals surface area (Å²) in [5.41, 5.74) is 4.91. The largest absolute Gasteiger partial charge is 0.381 e. The van der Waals surface area contributed by atoms with Gasteiger partial charge in [0.05, 0.1) is 6.61 Å². The van der Waals surface area contributed by atoms with Crippen molar-refractivity contribution in [2.75, 3.05) is 13.2 Å². The lowest BCUT2D eigenvalue weighted by molar-refractivity contribution is -0.119. The number of rotatable bonds is 7. The molecule has 0 saturated heterocycles. The van der Waals surface area contributed by atoms with Crippen molar-refractivity contribution in [3.63, 3.8) is 0 Å². The Labute approximate surface area is 110 Å². The summed E-state index contributed by atoms with van der Waals surface area (Å²) >= 11 is 0. The van der Waals surface area contributed by atoms with E-state index in [-0.39, 0.29) is 7.33 Å². The third-order valence-electron chi connectivity index (χ3n) is 1.39. The molecular formula is C14H35NO2.